The number of benzene rings is 1. The predicted octanol–water partition coefficient (Wildman–Crippen LogP) is 3.37. The number of H-pyrrole nitrogens is 1. The second-order valence-corrected chi connectivity index (χ2v) is 6.16. The molecule has 5 nitrogen and oxygen atoms in total. The molecule has 0 radical (unpaired) electrons. The normalized spacial score (nSPS) is 16.4. The number of carbonyl (C=O) groups is 1. The summed E-state index contributed by atoms with van der Waals surface area (Å²) in [5.74, 6) is 0.769. The van der Waals surface area contributed by atoms with Crippen LogP contribution in [-0.4, -0.2) is 26.3 Å². The summed E-state index contributed by atoms with van der Waals surface area (Å²) in [6.07, 6.45) is 5.60. The van der Waals surface area contributed by atoms with Crippen molar-refractivity contribution in [2.24, 2.45) is 0 Å². The Morgan fingerprint density at radius 2 is 2.14 bits per heavy atom. The Kier molecular flexibility index (Phi) is 2.60. The zero-order valence-corrected chi connectivity index (χ0v) is 12.4. The van der Waals surface area contributed by atoms with Gasteiger partial charge in [0.1, 0.15) is 23.3 Å². The van der Waals surface area contributed by atoms with Crippen molar-refractivity contribution < 1.29 is 9.53 Å². The number of fused-ring (bicyclic) bond motifs is 2. The van der Waals surface area contributed by atoms with Crippen molar-refractivity contribution in [3.8, 4) is 16.9 Å². The van der Waals surface area contributed by atoms with Crippen molar-refractivity contribution in [2.45, 2.75) is 25.9 Å². The molecule has 3 heterocycles. The highest BCUT2D eigenvalue weighted by Crippen LogP contribution is 2.37. The van der Waals surface area contributed by atoms with Crippen LogP contribution in [0.5, 0.6) is 5.75 Å². The number of aromatic nitrogens is 3. The van der Waals surface area contributed by atoms with Crippen molar-refractivity contribution in [3.63, 3.8) is 0 Å². The van der Waals surface area contributed by atoms with Gasteiger partial charge < -0.3 is 9.72 Å². The number of nitrogens with one attached hydrogen (secondary N) is 1. The van der Waals surface area contributed by atoms with E-state index in [1.807, 2.05) is 38.2 Å². The molecule has 0 saturated carbocycles. The molecule has 0 bridgehead atoms. The maximum atomic E-state index is 12.2. The Morgan fingerprint density at radius 3 is 3.00 bits per heavy atom. The molecular weight excluding hydrogens is 278 g/mol. The average molecular weight is 293 g/mol. The molecule has 1 aliphatic heterocycles. The first-order chi connectivity index (χ1) is 10.5. The monoisotopic (exact) mass is 293 g/mol. The third kappa shape index (κ3) is 1.97. The molecule has 0 unspecified atom stereocenters. The molecule has 0 aliphatic carbocycles. The van der Waals surface area contributed by atoms with Crippen molar-refractivity contribution in [1.29, 1.82) is 0 Å². The third-order valence-electron chi connectivity index (χ3n) is 3.92. The van der Waals surface area contributed by atoms with E-state index in [0.29, 0.717) is 17.7 Å². The van der Waals surface area contributed by atoms with Crippen molar-refractivity contribution >= 4 is 16.8 Å². The summed E-state index contributed by atoms with van der Waals surface area (Å²) < 4.78 is 5.98. The number of hydrogen-bond donors (Lipinski definition) is 1. The van der Waals surface area contributed by atoms with Gasteiger partial charge in [-0.2, -0.15) is 0 Å². The van der Waals surface area contributed by atoms with E-state index in [0.717, 1.165) is 22.2 Å². The van der Waals surface area contributed by atoms with Crippen molar-refractivity contribution in [1.82, 2.24) is 15.0 Å². The molecule has 110 valence electrons. The van der Waals surface area contributed by atoms with E-state index in [4.69, 9.17) is 4.74 Å². The molecular formula is C17H15N3O2. The van der Waals surface area contributed by atoms with Crippen LogP contribution >= 0.6 is 0 Å². The van der Waals surface area contributed by atoms with Gasteiger partial charge in [0, 0.05) is 23.3 Å². The SMILES string of the molecule is CC1(C)CC(=O)c2ccc(-c3c[nH]c4ncncc34)cc2O1. The smallest absolute Gasteiger partial charge is 0.170 e. The number of nitrogens with zero attached hydrogens (tertiary/aromatic N) is 2. The molecule has 5 heteroatoms. The minimum Gasteiger partial charge on any atom is -0.487 e. The van der Waals surface area contributed by atoms with Crippen molar-refractivity contribution in [3.05, 3.63) is 42.5 Å². The van der Waals surface area contributed by atoms with Crippen LogP contribution in [0.2, 0.25) is 0 Å². The molecule has 3 aromatic rings. The zero-order valence-electron chi connectivity index (χ0n) is 12.4. The molecule has 22 heavy (non-hydrogen) atoms. The first kappa shape index (κ1) is 13.0. The number of ketones is 1. The highest BCUT2D eigenvalue weighted by Gasteiger charge is 2.32. The summed E-state index contributed by atoms with van der Waals surface area (Å²) in [5, 5.41) is 0.948. The number of carbonyl (C=O) groups excluding carboxylic acids is 1. The molecule has 1 aromatic carbocycles. The van der Waals surface area contributed by atoms with Gasteiger partial charge in [-0.05, 0) is 31.5 Å². The van der Waals surface area contributed by atoms with Crippen molar-refractivity contribution in [2.75, 3.05) is 0 Å². The highest BCUT2D eigenvalue weighted by molar-refractivity contribution is 6.01. The van der Waals surface area contributed by atoms with Gasteiger partial charge in [0.2, 0.25) is 0 Å². The van der Waals surface area contributed by atoms with Crippen LogP contribution < -0.4 is 4.74 Å². The molecule has 2 aromatic heterocycles. The van der Waals surface area contributed by atoms with Gasteiger partial charge in [-0.1, -0.05) is 6.07 Å². The van der Waals surface area contributed by atoms with Crippen LogP contribution in [0.4, 0.5) is 0 Å². The maximum absolute atomic E-state index is 12.2. The van der Waals surface area contributed by atoms with Gasteiger partial charge in [0.05, 0.1) is 12.0 Å². The number of Topliss-reactive ketones (excluding diaryl/α,β-unsaturated/α-hetero) is 1. The number of ether oxygens (including phenoxy) is 1. The van der Waals surface area contributed by atoms with Gasteiger partial charge in [0.15, 0.2) is 5.78 Å². The lowest BCUT2D eigenvalue weighted by molar-refractivity contribution is 0.0620. The van der Waals surface area contributed by atoms with E-state index < -0.39 is 5.60 Å². The largest absolute Gasteiger partial charge is 0.487 e. The Balaban J connectivity index is 1.86. The summed E-state index contributed by atoms with van der Waals surface area (Å²) in [4.78, 5) is 23.6. The molecule has 1 N–H and O–H groups in total. The van der Waals surface area contributed by atoms with Crippen LogP contribution in [0, 0.1) is 0 Å². The average Bonchev–Trinajstić information content (AvgIpc) is 2.89. The van der Waals surface area contributed by atoms with Gasteiger partial charge in [-0.25, -0.2) is 9.97 Å². The molecule has 0 fully saturated rings. The van der Waals surface area contributed by atoms with Crippen LogP contribution in [-0.2, 0) is 0 Å². The molecule has 0 saturated heterocycles. The fraction of sp³-hybridized carbons (Fsp3) is 0.235. The minimum absolute atomic E-state index is 0.125. The topological polar surface area (TPSA) is 67.9 Å². The first-order valence-corrected chi connectivity index (χ1v) is 7.17. The summed E-state index contributed by atoms with van der Waals surface area (Å²) in [6, 6.07) is 5.70. The Labute approximate surface area is 127 Å². The Bertz CT molecular complexity index is 896. The third-order valence-corrected chi connectivity index (χ3v) is 3.92. The summed E-state index contributed by atoms with van der Waals surface area (Å²) >= 11 is 0. The number of hydrogen-bond acceptors (Lipinski definition) is 4. The van der Waals surface area contributed by atoms with E-state index in [2.05, 4.69) is 15.0 Å². The second kappa shape index (κ2) is 4.40. The first-order valence-electron chi connectivity index (χ1n) is 7.17. The molecule has 1 aliphatic rings. The lowest BCUT2D eigenvalue weighted by Gasteiger charge is -2.31. The lowest BCUT2D eigenvalue weighted by atomic mass is 9.91. The highest BCUT2D eigenvalue weighted by atomic mass is 16.5. The standard InChI is InChI=1S/C17H15N3O2/c1-17(2)6-14(21)11-4-3-10(5-15(11)22-17)12-8-19-16-13(12)7-18-9-20-16/h3-5,7-9H,6H2,1-2H3,(H,18,19,20). The van der Waals surface area contributed by atoms with Gasteiger partial charge >= 0.3 is 0 Å². The van der Waals surface area contributed by atoms with Gasteiger partial charge in [0.25, 0.3) is 0 Å². The molecule has 0 atom stereocenters. The van der Waals surface area contributed by atoms with E-state index >= 15 is 0 Å². The van der Waals surface area contributed by atoms with Gasteiger partial charge in [-0.15, -0.1) is 0 Å². The lowest BCUT2D eigenvalue weighted by Crippen LogP contribution is -2.35. The fourth-order valence-electron chi connectivity index (χ4n) is 2.92. The van der Waals surface area contributed by atoms with E-state index in [1.165, 1.54) is 6.33 Å². The van der Waals surface area contributed by atoms with Gasteiger partial charge in [-0.3, -0.25) is 4.79 Å². The quantitative estimate of drug-likeness (QED) is 0.747. The minimum atomic E-state index is -0.466. The van der Waals surface area contributed by atoms with Crippen LogP contribution in [0.1, 0.15) is 30.6 Å². The molecule has 4 rings (SSSR count). The summed E-state index contributed by atoms with van der Waals surface area (Å²) in [5.41, 5.74) is 2.95. The molecule has 0 spiro atoms. The summed E-state index contributed by atoms with van der Waals surface area (Å²) in [6.45, 7) is 3.86. The van der Waals surface area contributed by atoms with Crippen LogP contribution in [0.15, 0.2) is 36.9 Å². The fourth-order valence-corrected chi connectivity index (χ4v) is 2.92. The number of aromatic amines is 1. The molecule has 0 amide bonds. The summed E-state index contributed by atoms with van der Waals surface area (Å²) in [7, 11) is 0. The maximum Gasteiger partial charge on any atom is 0.170 e. The van der Waals surface area contributed by atoms with E-state index in [1.54, 1.807) is 6.20 Å². The second-order valence-electron chi connectivity index (χ2n) is 6.16. The van der Waals surface area contributed by atoms with Crippen LogP contribution in [0.3, 0.4) is 0 Å². The predicted molar refractivity (Wildman–Crippen MR) is 83.0 cm³/mol. The Morgan fingerprint density at radius 1 is 1.27 bits per heavy atom. The van der Waals surface area contributed by atoms with Crippen LogP contribution in [0.25, 0.3) is 22.2 Å². The Hall–Kier alpha value is -2.69. The zero-order chi connectivity index (χ0) is 15.3. The number of rotatable bonds is 1. The van der Waals surface area contributed by atoms with E-state index in [9.17, 15) is 4.79 Å². The van der Waals surface area contributed by atoms with E-state index in [-0.39, 0.29) is 5.78 Å².